The highest BCUT2D eigenvalue weighted by Gasteiger charge is 2.11. The number of benzene rings is 1. The van der Waals surface area contributed by atoms with Gasteiger partial charge in [0.2, 0.25) is 5.89 Å². The standard InChI is InChI=1S/C17H16N2O3/c1-3-5-6-8-12(7-4-2)17-18-14-11-13(16(20)19-21)9-10-15(14)22-17/h3-11,21H,2H2,1H3,(H,19,20)/b5-3-,8-6-,12-7+. The molecule has 0 aliphatic carbocycles. The lowest BCUT2D eigenvalue weighted by Gasteiger charge is -1.96. The number of carbonyl (C=O) groups is 1. The molecule has 22 heavy (non-hydrogen) atoms. The quantitative estimate of drug-likeness (QED) is 0.501. The largest absolute Gasteiger partial charge is 0.436 e. The van der Waals surface area contributed by atoms with E-state index in [4.69, 9.17) is 9.62 Å². The number of hydrogen-bond acceptors (Lipinski definition) is 4. The maximum atomic E-state index is 11.4. The van der Waals surface area contributed by atoms with Gasteiger partial charge in [-0.05, 0) is 31.2 Å². The molecule has 2 rings (SSSR count). The molecule has 5 heteroatoms. The molecule has 1 aromatic heterocycles. The van der Waals surface area contributed by atoms with Gasteiger partial charge in [-0.1, -0.05) is 37.0 Å². The fraction of sp³-hybridized carbons (Fsp3) is 0.0588. The predicted molar refractivity (Wildman–Crippen MR) is 85.4 cm³/mol. The van der Waals surface area contributed by atoms with Gasteiger partial charge in [0.25, 0.3) is 5.91 Å². The first-order valence-corrected chi connectivity index (χ1v) is 6.67. The van der Waals surface area contributed by atoms with Crippen LogP contribution in [0.4, 0.5) is 0 Å². The summed E-state index contributed by atoms with van der Waals surface area (Å²) in [5.41, 5.74) is 3.74. The molecular formula is C17H16N2O3. The lowest BCUT2D eigenvalue weighted by molar-refractivity contribution is 0.0706. The number of rotatable bonds is 5. The third-order valence-electron chi connectivity index (χ3n) is 2.88. The zero-order chi connectivity index (χ0) is 15.9. The van der Waals surface area contributed by atoms with Gasteiger partial charge in [-0.2, -0.15) is 0 Å². The molecule has 1 amide bonds. The molecule has 5 nitrogen and oxygen atoms in total. The highest BCUT2D eigenvalue weighted by atomic mass is 16.5. The number of aromatic nitrogens is 1. The van der Waals surface area contributed by atoms with Crippen molar-refractivity contribution >= 4 is 22.6 Å². The van der Waals surface area contributed by atoms with Crippen LogP contribution < -0.4 is 5.48 Å². The van der Waals surface area contributed by atoms with E-state index in [0.29, 0.717) is 22.6 Å². The molecule has 0 fully saturated rings. The molecule has 0 bridgehead atoms. The zero-order valence-electron chi connectivity index (χ0n) is 12.1. The van der Waals surface area contributed by atoms with Gasteiger partial charge in [0, 0.05) is 11.1 Å². The maximum absolute atomic E-state index is 11.4. The van der Waals surface area contributed by atoms with Crippen molar-refractivity contribution < 1.29 is 14.4 Å². The number of amides is 1. The van der Waals surface area contributed by atoms with Gasteiger partial charge in [-0.25, -0.2) is 10.5 Å². The number of fused-ring (bicyclic) bond motifs is 1. The third-order valence-corrected chi connectivity index (χ3v) is 2.88. The van der Waals surface area contributed by atoms with Crippen LogP contribution in [0, 0.1) is 0 Å². The molecule has 0 spiro atoms. The van der Waals surface area contributed by atoms with Crippen LogP contribution in [0.1, 0.15) is 23.2 Å². The van der Waals surface area contributed by atoms with Crippen LogP contribution in [0.2, 0.25) is 0 Å². The topological polar surface area (TPSA) is 75.4 Å². The summed E-state index contributed by atoms with van der Waals surface area (Å²) in [4.78, 5) is 15.8. The lowest BCUT2D eigenvalue weighted by atomic mass is 10.2. The Morgan fingerprint density at radius 3 is 2.91 bits per heavy atom. The van der Waals surface area contributed by atoms with Crippen molar-refractivity contribution in [1.82, 2.24) is 10.5 Å². The van der Waals surface area contributed by atoms with Gasteiger partial charge in [0.1, 0.15) is 5.52 Å². The van der Waals surface area contributed by atoms with Crippen molar-refractivity contribution in [3.8, 4) is 0 Å². The van der Waals surface area contributed by atoms with Gasteiger partial charge in [-0.3, -0.25) is 10.0 Å². The summed E-state index contributed by atoms with van der Waals surface area (Å²) >= 11 is 0. The van der Waals surface area contributed by atoms with Gasteiger partial charge in [0.15, 0.2) is 5.58 Å². The van der Waals surface area contributed by atoms with Crippen LogP contribution >= 0.6 is 0 Å². The number of hydrogen-bond donors (Lipinski definition) is 2. The summed E-state index contributed by atoms with van der Waals surface area (Å²) in [6.45, 7) is 5.60. The van der Waals surface area contributed by atoms with E-state index >= 15 is 0 Å². The second-order valence-corrected chi connectivity index (χ2v) is 4.39. The lowest BCUT2D eigenvalue weighted by Crippen LogP contribution is -2.18. The number of nitrogens with one attached hydrogen (secondary N) is 1. The summed E-state index contributed by atoms with van der Waals surface area (Å²) in [6.07, 6.45) is 11.0. The van der Waals surface area contributed by atoms with Crippen LogP contribution in [0.3, 0.4) is 0 Å². The van der Waals surface area contributed by atoms with E-state index in [1.807, 2.05) is 31.2 Å². The van der Waals surface area contributed by atoms with Gasteiger partial charge < -0.3 is 4.42 Å². The fourth-order valence-electron chi connectivity index (χ4n) is 1.85. The summed E-state index contributed by atoms with van der Waals surface area (Å²) in [7, 11) is 0. The molecule has 0 radical (unpaired) electrons. The molecule has 1 heterocycles. The van der Waals surface area contributed by atoms with Crippen molar-refractivity contribution in [1.29, 1.82) is 0 Å². The molecular weight excluding hydrogens is 280 g/mol. The first kappa shape index (κ1) is 15.5. The van der Waals surface area contributed by atoms with Crippen molar-refractivity contribution in [2.45, 2.75) is 6.92 Å². The Morgan fingerprint density at radius 1 is 1.41 bits per heavy atom. The molecule has 2 aromatic rings. The van der Waals surface area contributed by atoms with E-state index in [1.165, 1.54) is 0 Å². The highest BCUT2D eigenvalue weighted by Crippen LogP contribution is 2.23. The average Bonchev–Trinajstić information content (AvgIpc) is 2.96. The third kappa shape index (κ3) is 3.39. The number of nitrogens with zero attached hydrogens (tertiary/aromatic N) is 1. The van der Waals surface area contributed by atoms with Crippen LogP contribution in [0.25, 0.3) is 16.7 Å². The van der Waals surface area contributed by atoms with Gasteiger partial charge in [-0.15, -0.1) is 0 Å². The first-order valence-electron chi connectivity index (χ1n) is 6.67. The monoisotopic (exact) mass is 296 g/mol. The Bertz CT molecular complexity index is 782. The zero-order valence-corrected chi connectivity index (χ0v) is 12.1. The number of oxazole rings is 1. The minimum Gasteiger partial charge on any atom is -0.436 e. The number of carbonyl (C=O) groups excluding carboxylic acids is 1. The minimum absolute atomic E-state index is 0.300. The minimum atomic E-state index is -0.596. The summed E-state index contributed by atoms with van der Waals surface area (Å²) in [6, 6.07) is 4.74. The van der Waals surface area contributed by atoms with E-state index in [2.05, 4.69) is 11.6 Å². The normalized spacial score (nSPS) is 12.4. The van der Waals surface area contributed by atoms with Gasteiger partial charge >= 0.3 is 0 Å². The van der Waals surface area contributed by atoms with E-state index in [0.717, 1.165) is 5.57 Å². The van der Waals surface area contributed by atoms with E-state index in [-0.39, 0.29) is 0 Å². The number of hydroxylamine groups is 1. The Balaban J connectivity index is 2.44. The SMILES string of the molecule is C=C\C=C(/C=C\C=C/C)c1nc2cc(C(=O)NO)ccc2o1. The fourth-order valence-corrected chi connectivity index (χ4v) is 1.85. The molecule has 0 unspecified atom stereocenters. The summed E-state index contributed by atoms with van der Waals surface area (Å²) < 4.78 is 5.69. The van der Waals surface area contributed by atoms with E-state index in [9.17, 15) is 4.79 Å². The van der Waals surface area contributed by atoms with Crippen LogP contribution in [-0.4, -0.2) is 16.1 Å². The number of allylic oxidation sites excluding steroid dienone is 7. The molecule has 0 atom stereocenters. The molecule has 0 aliphatic rings. The Morgan fingerprint density at radius 2 is 2.23 bits per heavy atom. The predicted octanol–water partition coefficient (Wildman–Crippen LogP) is 3.65. The maximum Gasteiger partial charge on any atom is 0.274 e. The van der Waals surface area contributed by atoms with E-state index in [1.54, 1.807) is 35.8 Å². The second kappa shape index (κ2) is 7.19. The van der Waals surface area contributed by atoms with Crippen LogP contribution in [-0.2, 0) is 0 Å². The smallest absolute Gasteiger partial charge is 0.274 e. The highest BCUT2D eigenvalue weighted by molar-refractivity contribution is 5.96. The van der Waals surface area contributed by atoms with Crippen molar-refractivity contribution in [3.05, 3.63) is 72.7 Å². The van der Waals surface area contributed by atoms with Crippen molar-refractivity contribution in [3.63, 3.8) is 0 Å². The molecule has 0 saturated carbocycles. The van der Waals surface area contributed by atoms with Crippen molar-refractivity contribution in [2.24, 2.45) is 0 Å². The average molecular weight is 296 g/mol. The summed E-state index contributed by atoms with van der Waals surface area (Å²) in [5, 5.41) is 8.67. The van der Waals surface area contributed by atoms with Crippen LogP contribution in [0.15, 0.2) is 65.7 Å². The van der Waals surface area contributed by atoms with E-state index < -0.39 is 5.91 Å². The Hall–Kier alpha value is -2.92. The second-order valence-electron chi connectivity index (χ2n) is 4.39. The Labute approximate surface area is 127 Å². The van der Waals surface area contributed by atoms with Crippen molar-refractivity contribution in [2.75, 3.05) is 0 Å². The molecule has 0 aliphatic heterocycles. The first-order chi connectivity index (χ1) is 10.7. The Kier molecular flexibility index (Phi) is 5.06. The van der Waals surface area contributed by atoms with Gasteiger partial charge in [0.05, 0.1) is 0 Å². The van der Waals surface area contributed by atoms with Crippen LogP contribution in [0.5, 0.6) is 0 Å². The molecule has 112 valence electrons. The summed E-state index contributed by atoms with van der Waals surface area (Å²) in [5.74, 6) is -0.168. The molecule has 0 saturated heterocycles. The molecule has 1 aromatic carbocycles. The molecule has 2 N–H and O–H groups in total.